The Labute approximate surface area is 107 Å². The number of hydrogen-bond acceptors (Lipinski definition) is 5. The number of nitrogens with zero attached hydrogens (tertiary/aromatic N) is 2. The third-order valence-electron chi connectivity index (χ3n) is 1.87. The molecule has 0 aliphatic rings. The summed E-state index contributed by atoms with van der Waals surface area (Å²) in [6.45, 7) is 1.48. The van der Waals surface area contributed by atoms with E-state index in [1.54, 1.807) is 0 Å². The Kier molecular flexibility index (Phi) is 4.65. The van der Waals surface area contributed by atoms with Crippen molar-refractivity contribution >= 4 is 35.1 Å². The largest absolute Gasteiger partial charge is 0.467 e. The second-order valence-electron chi connectivity index (χ2n) is 3.09. The average molecular weight is 278 g/mol. The highest BCUT2D eigenvalue weighted by atomic mass is 35.5. The van der Waals surface area contributed by atoms with Gasteiger partial charge in [0.25, 0.3) is 5.91 Å². The molecule has 1 heterocycles. The lowest BCUT2D eigenvalue weighted by molar-refractivity contribution is -0.142. The molecule has 8 heteroatoms. The van der Waals surface area contributed by atoms with Crippen LogP contribution in [0.5, 0.6) is 0 Å². The molecule has 0 radical (unpaired) electrons. The molecular formula is C9H9Cl2N3O3. The molecule has 1 aromatic rings. The number of methoxy groups -OCH3 is 1. The van der Waals surface area contributed by atoms with Crippen molar-refractivity contribution in [1.82, 2.24) is 15.5 Å². The molecule has 0 saturated heterocycles. The summed E-state index contributed by atoms with van der Waals surface area (Å²) < 4.78 is 4.46. The van der Waals surface area contributed by atoms with Gasteiger partial charge in [-0.3, -0.25) is 4.79 Å². The van der Waals surface area contributed by atoms with Crippen LogP contribution in [0.1, 0.15) is 17.3 Å². The van der Waals surface area contributed by atoms with Gasteiger partial charge in [0, 0.05) is 0 Å². The molecule has 1 aromatic heterocycles. The van der Waals surface area contributed by atoms with Crippen LogP contribution in [0.4, 0.5) is 0 Å². The summed E-state index contributed by atoms with van der Waals surface area (Å²) in [6.07, 6.45) is 0. The standard InChI is InChI=1S/C9H9Cl2N3O3/c1-4(9(16)17-2)12-8(15)5-3-6(10)13-14-7(5)11/h3-4H,1-2H3,(H,12,15). The van der Waals surface area contributed by atoms with E-state index >= 15 is 0 Å². The van der Waals surface area contributed by atoms with Crippen LogP contribution in [0.3, 0.4) is 0 Å². The van der Waals surface area contributed by atoms with Crippen LogP contribution in [0, 0.1) is 0 Å². The highest BCUT2D eigenvalue weighted by molar-refractivity contribution is 6.34. The lowest BCUT2D eigenvalue weighted by Crippen LogP contribution is -2.39. The molecule has 0 saturated carbocycles. The molecule has 1 amide bonds. The van der Waals surface area contributed by atoms with E-state index in [2.05, 4.69) is 20.3 Å². The van der Waals surface area contributed by atoms with Crippen molar-refractivity contribution in [3.8, 4) is 0 Å². The molecule has 17 heavy (non-hydrogen) atoms. The summed E-state index contributed by atoms with van der Waals surface area (Å²) in [5.74, 6) is -1.15. The van der Waals surface area contributed by atoms with E-state index in [0.29, 0.717) is 0 Å². The Hall–Kier alpha value is -1.40. The molecule has 6 nitrogen and oxygen atoms in total. The number of aromatic nitrogens is 2. The molecule has 1 unspecified atom stereocenters. The van der Waals surface area contributed by atoms with Gasteiger partial charge in [-0.2, -0.15) is 0 Å². The number of carbonyl (C=O) groups excluding carboxylic acids is 2. The fraction of sp³-hybridized carbons (Fsp3) is 0.333. The van der Waals surface area contributed by atoms with Gasteiger partial charge in [0.2, 0.25) is 0 Å². The Morgan fingerprint density at radius 1 is 1.41 bits per heavy atom. The quantitative estimate of drug-likeness (QED) is 0.836. The Bertz CT molecular complexity index is 453. The number of halogens is 2. The average Bonchev–Trinajstić information content (AvgIpc) is 2.30. The fourth-order valence-electron chi connectivity index (χ4n) is 1.02. The van der Waals surface area contributed by atoms with Crippen molar-refractivity contribution < 1.29 is 14.3 Å². The van der Waals surface area contributed by atoms with Gasteiger partial charge in [-0.25, -0.2) is 4.79 Å². The Morgan fingerprint density at radius 2 is 2.06 bits per heavy atom. The summed E-state index contributed by atoms with van der Waals surface area (Å²) in [6, 6.07) is 0.464. The minimum absolute atomic E-state index is 0.0327. The number of hydrogen-bond donors (Lipinski definition) is 1. The normalized spacial score (nSPS) is 11.8. The van der Waals surface area contributed by atoms with Crippen molar-refractivity contribution in [3.05, 3.63) is 21.9 Å². The first-order valence-electron chi connectivity index (χ1n) is 4.53. The molecule has 0 bridgehead atoms. The highest BCUT2D eigenvalue weighted by Crippen LogP contribution is 2.15. The SMILES string of the molecule is COC(=O)C(C)NC(=O)c1cc(Cl)nnc1Cl. The molecular weight excluding hydrogens is 269 g/mol. The van der Waals surface area contributed by atoms with Crippen LogP contribution >= 0.6 is 23.2 Å². The minimum Gasteiger partial charge on any atom is -0.467 e. The maximum atomic E-state index is 11.7. The van der Waals surface area contributed by atoms with Crippen LogP contribution in [-0.4, -0.2) is 35.2 Å². The lowest BCUT2D eigenvalue weighted by Gasteiger charge is -2.11. The van der Waals surface area contributed by atoms with Crippen molar-refractivity contribution in [2.75, 3.05) is 7.11 Å². The first-order valence-corrected chi connectivity index (χ1v) is 5.28. The van der Waals surface area contributed by atoms with Crippen molar-refractivity contribution in [2.45, 2.75) is 13.0 Å². The van der Waals surface area contributed by atoms with Crippen molar-refractivity contribution in [1.29, 1.82) is 0 Å². The second kappa shape index (κ2) is 5.79. The number of nitrogens with one attached hydrogen (secondary N) is 1. The van der Waals surface area contributed by atoms with E-state index in [9.17, 15) is 9.59 Å². The molecule has 1 N–H and O–H groups in total. The maximum absolute atomic E-state index is 11.7. The topological polar surface area (TPSA) is 81.2 Å². The highest BCUT2D eigenvalue weighted by Gasteiger charge is 2.19. The number of carbonyl (C=O) groups is 2. The molecule has 0 spiro atoms. The lowest BCUT2D eigenvalue weighted by atomic mass is 10.2. The Balaban J connectivity index is 2.83. The van der Waals surface area contributed by atoms with Crippen LogP contribution in [0.25, 0.3) is 0 Å². The summed E-state index contributed by atoms with van der Waals surface area (Å²) >= 11 is 11.3. The van der Waals surface area contributed by atoms with Crippen LogP contribution in [0.15, 0.2) is 6.07 Å². The second-order valence-corrected chi connectivity index (χ2v) is 3.84. The molecule has 0 fully saturated rings. The van der Waals surface area contributed by atoms with Crippen LogP contribution < -0.4 is 5.32 Å². The monoisotopic (exact) mass is 277 g/mol. The number of esters is 1. The van der Waals surface area contributed by atoms with Gasteiger partial charge in [-0.15, -0.1) is 10.2 Å². The molecule has 1 atom stereocenters. The smallest absolute Gasteiger partial charge is 0.328 e. The van der Waals surface area contributed by atoms with Crippen molar-refractivity contribution in [3.63, 3.8) is 0 Å². The Morgan fingerprint density at radius 3 is 2.65 bits per heavy atom. The fourth-order valence-corrected chi connectivity index (χ4v) is 1.35. The molecule has 0 aliphatic heterocycles. The predicted octanol–water partition coefficient (Wildman–Crippen LogP) is 1.07. The van der Waals surface area contributed by atoms with Gasteiger partial charge in [0.1, 0.15) is 6.04 Å². The van der Waals surface area contributed by atoms with Gasteiger partial charge in [-0.1, -0.05) is 23.2 Å². The summed E-state index contributed by atoms with van der Waals surface area (Å²) in [7, 11) is 1.23. The summed E-state index contributed by atoms with van der Waals surface area (Å²) in [4.78, 5) is 22.8. The summed E-state index contributed by atoms with van der Waals surface area (Å²) in [5, 5.41) is 9.27. The van der Waals surface area contributed by atoms with Crippen LogP contribution in [-0.2, 0) is 9.53 Å². The number of ether oxygens (including phenoxy) is 1. The van der Waals surface area contributed by atoms with E-state index in [1.807, 2.05) is 0 Å². The van der Waals surface area contributed by atoms with E-state index in [1.165, 1.54) is 20.1 Å². The third kappa shape index (κ3) is 3.54. The van der Waals surface area contributed by atoms with Crippen molar-refractivity contribution in [2.24, 2.45) is 0 Å². The zero-order chi connectivity index (χ0) is 13.0. The van der Waals surface area contributed by atoms with Gasteiger partial charge >= 0.3 is 5.97 Å². The van der Waals surface area contributed by atoms with Crippen LogP contribution in [0.2, 0.25) is 10.3 Å². The van der Waals surface area contributed by atoms with Gasteiger partial charge in [-0.05, 0) is 13.0 Å². The van der Waals surface area contributed by atoms with E-state index in [0.717, 1.165) is 0 Å². The number of rotatable bonds is 3. The third-order valence-corrected chi connectivity index (χ3v) is 2.33. The molecule has 0 aliphatic carbocycles. The van der Waals surface area contributed by atoms with Gasteiger partial charge in [0.05, 0.1) is 12.7 Å². The first-order chi connectivity index (χ1) is 7.95. The maximum Gasteiger partial charge on any atom is 0.328 e. The summed E-state index contributed by atoms with van der Waals surface area (Å²) in [5.41, 5.74) is 0.0439. The zero-order valence-corrected chi connectivity index (χ0v) is 10.5. The molecule has 1 rings (SSSR count). The predicted molar refractivity (Wildman–Crippen MR) is 61.0 cm³/mol. The minimum atomic E-state index is -0.796. The van der Waals surface area contributed by atoms with E-state index < -0.39 is 17.9 Å². The molecule has 92 valence electrons. The van der Waals surface area contributed by atoms with Gasteiger partial charge < -0.3 is 10.1 Å². The van der Waals surface area contributed by atoms with Gasteiger partial charge in [0.15, 0.2) is 10.3 Å². The number of amides is 1. The zero-order valence-electron chi connectivity index (χ0n) is 9.03. The van der Waals surface area contributed by atoms with E-state index in [-0.39, 0.29) is 15.9 Å². The first kappa shape index (κ1) is 13.7. The molecule has 0 aromatic carbocycles. The van der Waals surface area contributed by atoms with E-state index in [4.69, 9.17) is 23.2 Å².